The minimum absolute atomic E-state index is 0.223. The number of carbonyl (C=O) groups is 2. The number of nitrogens with zero attached hydrogens (tertiary/aromatic N) is 1. The van der Waals surface area contributed by atoms with Crippen molar-refractivity contribution in [2.24, 2.45) is 0 Å². The van der Waals surface area contributed by atoms with Gasteiger partial charge in [0.15, 0.2) is 6.61 Å². The van der Waals surface area contributed by atoms with Crippen molar-refractivity contribution in [1.82, 2.24) is 5.32 Å². The first kappa shape index (κ1) is 14.0. The van der Waals surface area contributed by atoms with Gasteiger partial charge in [-0.25, -0.2) is 4.79 Å². The van der Waals surface area contributed by atoms with Crippen molar-refractivity contribution in [2.75, 3.05) is 18.9 Å². The van der Waals surface area contributed by atoms with E-state index in [1.807, 2.05) is 6.07 Å². The van der Waals surface area contributed by atoms with Gasteiger partial charge in [-0.1, -0.05) is 0 Å². The summed E-state index contributed by atoms with van der Waals surface area (Å²) in [6, 6.07) is 3.41. The standard InChI is InChI=1S/C11H13N3O3S/c1-7-8(13)5-9(18-7)11(16)17-6-10(15)14-4-2-3-12/h5H,2,4,6,13H2,1H3,(H,14,15). The van der Waals surface area contributed by atoms with Crippen LogP contribution >= 0.6 is 11.3 Å². The summed E-state index contributed by atoms with van der Waals surface area (Å²) in [5.74, 6) is -1.00. The molecule has 0 aliphatic carbocycles. The predicted molar refractivity (Wildman–Crippen MR) is 67.0 cm³/mol. The van der Waals surface area contributed by atoms with E-state index < -0.39 is 11.9 Å². The zero-order valence-corrected chi connectivity index (χ0v) is 10.7. The molecule has 96 valence electrons. The van der Waals surface area contributed by atoms with Crippen LogP contribution in [0.15, 0.2) is 6.07 Å². The van der Waals surface area contributed by atoms with E-state index in [9.17, 15) is 9.59 Å². The van der Waals surface area contributed by atoms with Crippen molar-refractivity contribution >= 4 is 28.9 Å². The van der Waals surface area contributed by atoms with Crippen molar-refractivity contribution in [1.29, 1.82) is 5.26 Å². The number of ether oxygens (including phenoxy) is 1. The van der Waals surface area contributed by atoms with Gasteiger partial charge in [-0.05, 0) is 13.0 Å². The molecule has 1 heterocycles. The number of nitrogens with one attached hydrogen (secondary N) is 1. The maximum absolute atomic E-state index is 11.5. The molecule has 3 N–H and O–H groups in total. The number of anilines is 1. The van der Waals surface area contributed by atoms with Gasteiger partial charge < -0.3 is 15.8 Å². The van der Waals surface area contributed by atoms with Crippen molar-refractivity contribution in [3.8, 4) is 6.07 Å². The molecule has 0 bridgehead atoms. The number of amides is 1. The molecule has 1 aromatic rings. The number of hydrogen-bond donors (Lipinski definition) is 2. The number of nitrogens with two attached hydrogens (primary N) is 1. The van der Waals surface area contributed by atoms with Gasteiger partial charge in [0.25, 0.3) is 5.91 Å². The summed E-state index contributed by atoms with van der Waals surface area (Å²) in [5, 5.41) is 10.7. The lowest BCUT2D eigenvalue weighted by Gasteiger charge is -2.03. The lowest BCUT2D eigenvalue weighted by atomic mass is 10.4. The Bertz CT molecular complexity index is 471. The second-order valence-corrected chi connectivity index (χ2v) is 4.71. The van der Waals surface area contributed by atoms with E-state index in [1.165, 1.54) is 17.4 Å². The van der Waals surface area contributed by atoms with Crippen molar-refractivity contribution < 1.29 is 14.3 Å². The maximum Gasteiger partial charge on any atom is 0.348 e. The largest absolute Gasteiger partial charge is 0.451 e. The van der Waals surface area contributed by atoms with Crippen LogP contribution in [0.3, 0.4) is 0 Å². The van der Waals surface area contributed by atoms with E-state index in [0.29, 0.717) is 10.6 Å². The third-order valence-corrected chi connectivity index (χ3v) is 3.10. The second-order valence-electron chi connectivity index (χ2n) is 3.46. The summed E-state index contributed by atoms with van der Waals surface area (Å²) in [7, 11) is 0. The fraction of sp³-hybridized carbons (Fsp3) is 0.364. The topological polar surface area (TPSA) is 105 Å². The van der Waals surface area contributed by atoms with Gasteiger partial charge >= 0.3 is 5.97 Å². The van der Waals surface area contributed by atoms with E-state index in [2.05, 4.69) is 5.32 Å². The zero-order chi connectivity index (χ0) is 13.5. The fourth-order valence-electron chi connectivity index (χ4n) is 1.11. The van der Waals surface area contributed by atoms with Crippen LogP contribution in [-0.2, 0) is 9.53 Å². The smallest absolute Gasteiger partial charge is 0.348 e. The molecule has 6 nitrogen and oxygen atoms in total. The average Bonchev–Trinajstić information content (AvgIpc) is 2.67. The third-order valence-electron chi connectivity index (χ3n) is 2.05. The van der Waals surface area contributed by atoms with Crippen LogP contribution in [-0.4, -0.2) is 25.0 Å². The van der Waals surface area contributed by atoms with Crippen LogP contribution in [0, 0.1) is 18.3 Å². The highest BCUT2D eigenvalue weighted by molar-refractivity contribution is 7.14. The molecule has 0 radical (unpaired) electrons. The number of nitriles is 1. The van der Waals surface area contributed by atoms with Crippen LogP contribution < -0.4 is 11.1 Å². The van der Waals surface area contributed by atoms with Crippen molar-refractivity contribution in [2.45, 2.75) is 13.3 Å². The summed E-state index contributed by atoms with van der Waals surface area (Å²) >= 11 is 1.22. The van der Waals surface area contributed by atoms with Gasteiger partial charge in [-0.3, -0.25) is 4.79 Å². The Morgan fingerprint density at radius 3 is 2.89 bits per heavy atom. The van der Waals surface area contributed by atoms with Crippen molar-refractivity contribution in [3.63, 3.8) is 0 Å². The molecule has 1 aromatic heterocycles. The first-order chi connectivity index (χ1) is 8.54. The van der Waals surface area contributed by atoms with E-state index in [1.54, 1.807) is 6.92 Å². The van der Waals surface area contributed by atoms with E-state index in [4.69, 9.17) is 15.7 Å². The number of esters is 1. The van der Waals surface area contributed by atoms with Crippen LogP contribution in [0.5, 0.6) is 0 Å². The zero-order valence-electron chi connectivity index (χ0n) is 9.86. The molecular weight excluding hydrogens is 254 g/mol. The molecule has 18 heavy (non-hydrogen) atoms. The Hall–Kier alpha value is -2.07. The van der Waals surface area contributed by atoms with Gasteiger partial charge in [0, 0.05) is 17.1 Å². The summed E-state index contributed by atoms with van der Waals surface area (Å²) in [4.78, 5) is 24.0. The van der Waals surface area contributed by atoms with Gasteiger partial charge in [0.05, 0.1) is 12.5 Å². The highest BCUT2D eigenvalue weighted by atomic mass is 32.1. The van der Waals surface area contributed by atoms with Gasteiger partial charge in [0.1, 0.15) is 4.88 Å². The summed E-state index contributed by atoms with van der Waals surface area (Å²) in [5.41, 5.74) is 6.14. The first-order valence-electron chi connectivity index (χ1n) is 5.21. The van der Waals surface area contributed by atoms with E-state index in [0.717, 1.165) is 4.88 Å². The van der Waals surface area contributed by atoms with Crippen LogP contribution in [0.1, 0.15) is 21.0 Å². The van der Waals surface area contributed by atoms with Crippen LogP contribution in [0.4, 0.5) is 5.69 Å². The van der Waals surface area contributed by atoms with Crippen LogP contribution in [0.2, 0.25) is 0 Å². The van der Waals surface area contributed by atoms with E-state index >= 15 is 0 Å². The molecule has 1 rings (SSSR count). The van der Waals surface area contributed by atoms with Gasteiger partial charge in [-0.15, -0.1) is 11.3 Å². The minimum Gasteiger partial charge on any atom is -0.451 e. The molecule has 0 aliphatic heterocycles. The molecular formula is C11H13N3O3S. The molecule has 0 saturated carbocycles. The second kappa shape index (κ2) is 6.61. The highest BCUT2D eigenvalue weighted by Gasteiger charge is 2.13. The molecule has 0 atom stereocenters. The Balaban J connectivity index is 2.37. The molecule has 0 unspecified atom stereocenters. The molecule has 0 spiro atoms. The number of rotatable bonds is 5. The quantitative estimate of drug-likeness (QED) is 0.607. The first-order valence-corrected chi connectivity index (χ1v) is 6.03. The maximum atomic E-state index is 11.5. The predicted octanol–water partition coefficient (Wildman–Crippen LogP) is 0.825. The normalized spacial score (nSPS) is 9.56. The number of carbonyl (C=O) groups excluding carboxylic acids is 2. The van der Waals surface area contributed by atoms with Crippen LogP contribution in [0.25, 0.3) is 0 Å². The number of thiophene rings is 1. The highest BCUT2D eigenvalue weighted by Crippen LogP contribution is 2.23. The van der Waals surface area contributed by atoms with Gasteiger partial charge in [-0.2, -0.15) is 5.26 Å². The number of hydrogen-bond acceptors (Lipinski definition) is 6. The monoisotopic (exact) mass is 267 g/mol. The third kappa shape index (κ3) is 4.07. The lowest BCUT2D eigenvalue weighted by molar-refractivity contribution is -0.124. The summed E-state index contributed by atoms with van der Waals surface area (Å²) < 4.78 is 4.81. The minimum atomic E-state index is -0.574. The Morgan fingerprint density at radius 2 is 2.33 bits per heavy atom. The average molecular weight is 267 g/mol. The number of aryl methyl sites for hydroxylation is 1. The lowest BCUT2D eigenvalue weighted by Crippen LogP contribution is -2.29. The van der Waals surface area contributed by atoms with Gasteiger partial charge in [0.2, 0.25) is 0 Å². The molecule has 0 fully saturated rings. The summed E-state index contributed by atoms with van der Waals surface area (Å²) in [6.07, 6.45) is 0.223. The molecule has 0 aromatic carbocycles. The fourth-order valence-corrected chi connectivity index (χ4v) is 1.94. The molecule has 1 amide bonds. The SMILES string of the molecule is Cc1sc(C(=O)OCC(=O)NCCC#N)cc1N. The summed E-state index contributed by atoms with van der Waals surface area (Å²) in [6.45, 7) is 1.68. The molecule has 0 aliphatic rings. The Labute approximate surface area is 108 Å². The number of nitrogen functional groups attached to an aromatic ring is 1. The Morgan fingerprint density at radius 1 is 1.61 bits per heavy atom. The Kier molecular flexibility index (Phi) is 5.14. The van der Waals surface area contributed by atoms with E-state index in [-0.39, 0.29) is 19.6 Å². The molecule has 0 saturated heterocycles. The molecule has 7 heteroatoms. The van der Waals surface area contributed by atoms with Crippen molar-refractivity contribution in [3.05, 3.63) is 15.8 Å².